The van der Waals surface area contributed by atoms with Gasteiger partial charge in [0.2, 0.25) is 0 Å². The van der Waals surface area contributed by atoms with Gasteiger partial charge in [-0.1, -0.05) is 31.8 Å². The van der Waals surface area contributed by atoms with Crippen LogP contribution in [0.4, 0.5) is 0 Å². The molecule has 0 spiro atoms. The predicted molar refractivity (Wildman–Crippen MR) is 54.5 cm³/mol. The summed E-state index contributed by atoms with van der Waals surface area (Å²) in [5, 5.41) is 11.4. The molecule has 0 fully saturated rings. The molecule has 0 rings (SSSR count). The third kappa shape index (κ3) is 5.56. The number of carbonyl (C=O) groups is 1. The van der Waals surface area contributed by atoms with Crippen LogP contribution in [0.2, 0.25) is 0 Å². The van der Waals surface area contributed by atoms with E-state index >= 15 is 0 Å². The van der Waals surface area contributed by atoms with Crippen molar-refractivity contribution in [2.75, 3.05) is 7.11 Å². The molecule has 0 aromatic heterocycles. The second kappa shape index (κ2) is 7.35. The molecule has 0 radical (unpaired) electrons. The number of oxime groups is 1. The lowest BCUT2D eigenvalue weighted by Crippen LogP contribution is -2.15. The van der Waals surface area contributed by atoms with E-state index in [1.807, 2.05) is 0 Å². The number of hydrogen-bond acceptors (Lipinski definition) is 4. The molecule has 4 heteroatoms. The van der Waals surface area contributed by atoms with Crippen LogP contribution in [0, 0.1) is 5.92 Å². The third-order valence-corrected chi connectivity index (χ3v) is 1.99. The van der Waals surface area contributed by atoms with E-state index in [0.717, 1.165) is 19.3 Å². The van der Waals surface area contributed by atoms with Gasteiger partial charge in [-0.05, 0) is 12.3 Å². The van der Waals surface area contributed by atoms with Crippen molar-refractivity contribution in [2.45, 2.75) is 39.5 Å². The molecule has 1 N–H and O–H groups in total. The SMILES string of the molecule is COC(=O)C(CCCCC(C)C)=NO. The summed E-state index contributed by atoms with van der Waals surface area (Å²) >= 11 is 0. The summed E-state index contributed by atoms with van der Waals surface area (Å²) in [6.07, 6.45) is 3.50. The average Bonchev–Trinajstić information content (AvgIpc) is 2.16. The number of unbranched alkanes of at least 4 members (excludes halogenated alkanes) is 1. The molecule has 4 nitrogen and oxygen atoms in total. The number of methoxy groups -OCH3 is 1. The van der Waals surface area contributed by atoms with Gasteiger partial charge in [-0.15, -0.1) is 0 Å². The monoisotopic (exact) mass is 201 g/mol. The van der Waals surface area contributed by atoms with Crippen LogP contribution in [0.15, 0.2) is 5.16 Å². The highest BCUT2D eigenvalue weighted by Crippen LogP contribution is 2.08. The van der Waals surface area contributed by atoms with Crippen LogP contribution in [0.3, 0.4) is 0 Å². The Bertz CT molecular complexity index is 200. The maximum absolute atomic E-state index is 11.0. The van der Waals surface area contributed by atoms with Crippen molar-refractivity contribution in [3.05, 3.63) is 0 Å². The predicted octanol–water partition coefficient (Wildman–Crippen LogP) is 2.21. The zero-order valence-corrected chi connectivity index (χ0v) is 9.12. The molecule has 0 heterocycles. The van der Waals surface area contributed by atoms with E-state index < -0.39 is 5.97 Å². The van der Waals surface area contributed by atoms with E-state index in [-0.39, 0.29) is 5.71 Å². The van der Waals surface area contributed by atoms with E-state index in [0.29, 0.717) is 12.3 Å². The van der Waals surface area contributed by atoms with Crippen molar-refractivity contribution in [1.29, 1.82) is 0 Å². The van der Waals surface area contributed by atoms with Gasteiger partial charge in [-0.25, -0.2) is 4.79 Å². The minimum atomic E-state index is -0.544. The Kier molecular flexibility index (Phi) is 6.80. The molecule has 14 heavy (non-hydrogen) atoms. The molecule has 0 aliphatic heterocycles. The van der Waals surface area contributed by atoms with Crippen LogP contribution >= 0.6 is 0 Å². The highest BCUT2D eigenvalue weighted by molar-refractivity contribution is 6.36. The van der Waals surface area contributed by atoms with Gasteiger partial charge >= 0.3 is 5.97 Å². The van der Waals surface area contributed by atoms with Crippen molar-refractivity contribution in [3.8, 4) is 0 Å². The first-order chi connectivity index (χ1) is 6.61. The lowest BCUT2D eigenvalue weighted by Gasteiger charge is -2.04. The lowest BCUT2D eigenvalue weighted by atomic mass is 10.0. The number of hydrogen-bond donors (Lipinski definition) is 1. The van der Waals surface area contributed by atoms with Crippen LogP contribution in [-0.2, 0) is 9.53 Å². The van der Waals surface area contributed by atoms with Gasteiger partial charge in [0.25, 0.3) is 0 Å². The Morgan fingerprint density at radius 1 is 1.43 bits per heavy atom. The Morgan fingerprint density at radius 3 is 2.50 bits per heavy atom. The van der Waals surface area contributed by atoms with Crippen LogP contribution in [0.1, 0.15) is 39.5 Å². The highest BCUT2D eigenvalue weighted by atomic mass is 16.5. The summed E-state index contributed by atoms with van der Waals surface area (Å²) in [6, 6.07) is 0. The standard InChI is InChI=1S/C10H19NO3/c1-8(2)6-4-5-7-9(11-13)10(12)14-3/h8,13H,4-7H2,1-3H3. The molecule has 0 unspecified atom stereocenters. The second-order valence-corrected chi connectivity index (χ2v) is 3.68. The fraction of sp³-hybridized carbons (Fsp3) is 0.800. The molecule has 0 saturated heterocycles. The van der Waals surface area contributed by atoms with Gasteiger partial charge in [-0.2, -0.15) is 0 Å². The normalized spacial score (nSPS) is 11.9. The molecule has 0 aromatic rings. The van der Waals surface area contributed by atoms with Crippen LogP contribution in [0.5, 0.6) is 0 Å². The van der Waals surface area contributed by atoms with Crippen LogP contribution < -0.4 is 0 Å². The smallest absolute Gasteiger partial charge is 0.355 e. The molecule has 0 bridgehead atoms. The fourth-order valence-corrected chi connectivity index (χ4v) is 1.16. The minimum absolute atomic E-state index is 0.108. The van der Waals surface area contributed by atoms with E-state index in [1.54, 1.807) is 0 Å². The van der Waals surface area contributed by atoms with Crippen LogP contribution in [0.25, 0.3) is 0 Å². The minimum Gasteiger partial charge on any atom is -0.464 e. The maximum atomic E-state index is 11.0. The Balaban J connectivity index is 3.70. The summed E-state index contributed by atoms with van der Waals surface area (Å²) < 4.78 is 4.45. The molecular weight excluding hydrogens is 182 g/mol. The van der Waals surface area contributed by atoms with E-state index in [4.69, 9.17) is 5.21 Å². The molecule has 0 aromatic carbocycles. The van der Waals surface area contributed by atoms with Gasteiger partial charge in [0.15, 0.2) is 5.71 Å². The first-order valence-electron chi connectivity index (χ1n) is 4.91. The summed E-state index contributed by atoms with van der Waals surface area (Å²) in [5.74, 6) is 0.125. The first-order valence-corrected chi connectivity index (χ1v) is 4.91. The molecule has 82 valence electrons. The molecule has 0 amide bonds. The van der Waals surface area contributed by atoms with E-state index in [2.05, 4.69) is 23.7 Å². The van der Waals surface area contributed by atoms with Crippen LogP contribution in [-0.4, -0.2) is 24.0 Å². The zero-order chi connectivity index (χ0) is 11.0. The molecule has 0 aliphatic carbocycles. The largest absolute Gasteiger partial charge is 0.464 e. The number of ether oxygens (including phenoxy) is 1. The van der Waals surface area contributed by atoms with E-state index in [9.17, 15) is 4.79 Å². The van der Waals surface area contributed by atoms with Crippen molar-refractivity contribution >= 4 is 11.7 Å². The zero-order valence-electron chi connectivity index (χ0n) is 9.12. The summed E-state index contributed by atoms with van der Waals surface area (Å²) in [4.78, 5) is 11.0. The summed E-state index contributed by atoms with van der Waals surface area (Å²) in [5.41, 5.74) is 0.108. The van der Waals surface area contributed by atoms with Gasteiger partial charge in [0, 0.05) is 6.42 Å². The number of nitrogens with zero attached hydrogens (tertiary/aromatic N) is 1. The fourth-order valence-electron chi connectivity index (χ4n) is 1.16. The topological polar surface area (TPSA) is 58.9 Å². The lowest BCUT2D eigenvalue weighted by molar-refractivity contribution is -0.133. The van der Waals surface area contributed by atoms with Crippen molar-refractivity contribution in [3.63, 3.8) is 0 Å². The summed E-state index contributed by atoms with van der Waals surface area (Å²) in [7, 11) is 1.28. The summed E-state index contributed by atoms with van der Waals surface area (Å²) in [6.45, 7) is 4.31. The van der Waals surface area contributed by atoms with Crippen molar-refractivity contribution in [1.82, 2.24) is 0 Å². The van der Waals surface area contributed by atoms with Gasteiger partial charge in [-0.3, -0.25) is 0 Å². The molecular formula is C10H19NO3. The highest BCUT2D eigenvalue weighted by Gasteiger charge is 2.11. The quantitative estimate of drug-likeness (QED) is 0.235. The van der Waals surface area contributed by atoms with Crippen molar-refractivity contribution < 1.29 is 14.7 Å². The number of carbonyl (C=O) groups excluding carboxylic acids is 1. The maximum Gasteiger partial charge on any atom is 0.355 e. The first kappa shape index (κ1) is 12.9. The van der Waals surface area contributed by atoms with Gasteiger partial charge in [0.1, 0.15) is 0 Å². The van der Waals surface area contributed by atoms with Gasteiger partial charge < -0.3 is 9.94 Å². The Hall–Kier alpha value is -1.06. The van der Waals surface area contributed by atoms with Crippen molar-refractivity contribution in [2.24, 2.45) is 11.1 Å². The number of esters is 1. The Labute approximate surface area is 84.9 Å². The second-order valence-electron chi connectivity index (χ2n) is 3.68. The Morgan fingerprint density at radius 2 is 2.07 bits per heavy atom. The molecule has 0 aliphatic rings. The molecule has 0 saturated carbocycles. The third-order valence-electron chi connectivity index (χ3n) is 1.99. The van der Waals surface area contributed by atoms with Gasteiger partial charge in [0.05, 0.1) is 7.11 Å². The average molecular weight is 201 g/mol. The van der Waals surface area contributed by atoms with E-state index in [1.165, 1.54) is 7.11 Å². The molecule has 0 atom stereocenters. The number of rotatable bonds is 6.